The van der Waals surface area contributed by atoms with Gasteiger partial charge in [0.05, 0.1) is 5.41 Å². The van der Waals surface area contributed by atoms with Crippen LogP contribution in [0.15, 0.2) is 42.5 Å². The Balaban J connectivity index is 1.96. The summed E-state index contributed by atoms with van der Waals surface area (Å²) in [5.74, 6) is -0.658. The van der Waals surface area contributed by atoms with E-state index in [-0.39, 0.29) is 5.92 Å². The van der Waals surface area contributed by atoms with Gasteiger partial charge in [0.2, 0.25) is 0 Å². The van der Waals surface area contributed by atoms with Gasteiger partial charge in [-0.15, -0.1) is 0 Å². The maximum Gasteiger partial charge on any atom is 0.314 e. The molecule has 25 heavy (non-hydrogen) atoms. The summed E-state index contributed by atoms with van der Waals surface area (Å²) in [5, 5.41) is 12.5. The van der Waals surface area contributed by atoms with Gasteiger partial charge in [-0.2, -0.15) is 0 Å². The second kappa shape index (κ2) is 7.57. The number of aliphatic carboxylic acids is 1. The number of fused-ring (bicyclic) bond motifs is 1. The predicted molar refractivity (Wildman–Crippen MR) is 103 cm³/mol. The molecule has 1 aliphatic rings. The first-order valence-corrected chi connectivity index (χ1v) is 9.49. The molecule has 134 valence electrons. The first-order valence-electron chi connectivity index (χ1n) is 9.49. The van der Waals surface area contributed by atoms with Gasteiger partial charge < -0.3 is 10.0 Å². The maximum absolute atomic E-state index is 12.5. The van der Waals surface area contributed by atoms with E-state index in [2.05, 4.69) is 23.1 Å². The molecule has 1 aliphatic heterocycles. The summed E-state index contributed by atoms with van der Waals surface area (Å²) in [7, 11) is 0. The van der Waals surface area contributed by atoms with Gasteiger partial charge in [0.1, 0.15) is 0 Å². The molecule has 1 unspecified atom stereocenters. The lowest BCUT2D eigenvalue weighted by Gasteiger charge is -2.35. The monoisotopic (exact) mass is 339 g/mol. The smallest absolute Gasteiger partial charge is 0.314 e. The highest BCUT2D eigenvalue weighted by atomic mass is 16.4. The molecule has 2 aromatic carbocycles. The van der Waals surface area contributed by atoms with E-state index in [9.17, 15) is 9.90 Å². The van der Waals surface area contributed by atoms with Gasteiger partial charge in [-0.25, -0.2) is 0 Å². The van der Waals surface area contributed by atoms with Crippen LogP contribution in [0.2, 0.25) is 0 Å². The molecule has 1 fully saturated rings. The SMILES string of the molecule is CC(C)C(CCCN1CCCC1)(C(=O)O)c1cccc2ccccc12. The van der Waals surface area contributed by atoms with Crippen LogP contribution in [0.1, 0.15) is 45.1 Å². The van der Waals surface area contributed by atoms with Crippen LogP contribution in [-0.4, -0.2) is 35.6 Å². The summed E-state index contributed by atoms with van der Waals surface area (Å²) in [6, 6.07) is 14.2. The van der Waals surface area contributed by atoms with E-state index in [1.54, 1.807) is 0 Å². The van der Waals surface area contributed by atoms with E-state index in [0.29, 0.717) is 6.42 Å². The number of carboxylic acids is 1. The van der Waals surface area contributed by atoms with Crippen molar-refractivity contribution in [1.82, 2.24) is 4.90 Å². The first-order chi connectivity index (χ1) is 12.1. The highest BCUT2D eigenvalue weighted by molar-refractivity contribution is 5.93. The zero-order chi connectivity index (χ0) is 17.9. The summed E-state index contributed by atoms with van der Waals surface area (Å²) in [4.78, 5) is 15.0. The van der Waals surface area contributed by atoms with Crippen molar-refractivity contribution in [2.75, 3.05) is 19.6 Å². The fraction of sp³-hybridized carbons (Fsp3) is 0.500. The zero-order valence-corrected chi connectivity index (χ0v) is 15.4. The van der Waals surface area contributed by atoms with E-state index in [1.807, 2.05) is 38.1 Å². The van der Waals surface area contributed by atoms with Crippen molar-refractivity contribution in [3.63, 3.8) is 0 Å². The van der Waals surface area contributed by atoms with Crippen LogP contribution in [0.25, 0.3) is 10.8 Å². The Labute approximate surface area is 150 Å². The van der Waals surface area contributed by atoms with Crippen LogP contribution in [0, 0.1) is 5.92 Å². The number of benzene rings is 2. The molecule has 1 saturated heterocycles. The van der Waals surface area contributed by atoms with Crippen molar-refractivity contribution >= 4 is 16.7 Å². The third kappa shape index (κ3) is 3.43. The lowest BCUT2D eigenvalue weighted by molar-refractivity contribution is -0.146. The molecule has 1 atom stereocenters. The molecule has 2 aromatic rings. The molecular weight excluding hydrogens is 310 g/mol. The lowest BCUT2D eigenvalue weighted by atomic mass is 9.67. The van der Waals surface area contributed by atoms with Crippen molar-refractivity contribution in [2.24, 2.45) is 5.92 Å². The summed E-state index contributed by atoms with van der Waals surface area (Å²) in [5.41, 5.74) is 0.134. The second-order valence-electron chi connectivity index (χ2n) is 7.61. The maximum atomic E-state index is 12.5. The molecule has 1 N–H and O–H groups in total. The Kier molecular flexibility index (Phi) is 5.43. The summed E-state index contributed by atoms with van der Waals surface area (Å²) in [6.45, 7) is 7.43. The number of rotatable bonds is 7. The van der Waals surface area contributed by atoms with Gasteiger partial charge in [-0.05, 0) is 67.6 Å². The molecule has 0 aliphatic carbocycles. The highest BCUT2D eigenvalue weighted by Crippen LogP contribution is 2.41. The molecule has 0 spiro atoms. The number of carboxylic acid groups (broad SMARTS) is 1. The number of hydrogen-bond donors (Lipinski definition) is 1. The molecule has 0 bridgehead atoms. The highest BCUT2D eigenvalue weighted by Gasteiger charge is 2.43. The van der Waals surface area contributed by atoms with Crippen LogP contribution in [0.5, 0.6) is 0 Å². The minimum Gasteiger partial charge on any atom is -0.481 e. The van der Waals surface area contributed by atoms with Crippen molar-refractivity contribution in [3.8, 4) is 0 Å². The predicted octanol–water partition coefficient (Wildman–Crippen LogP) is 4.69. The van der Waals surface area contributed by atoms with E-state index in [4.69, 9.17) is 0 Å². The molecule has 3 rings (SSSR count). The minimum atomic E-state index is -0.833. The number of hydrogen-bond acceptors (Lipinski definition) is 2. The minimum absolute atomic E-state index is 0.0365. The average Bonchev–Trinajstić information content (AvgIpc) is 3.11. The fourth-order valence-electron chi connectivity index (χ4n) is 4.41. The Morgan fingerprint density at radius 2 is 1.80 bits per heavy atom. The van der Waals surface area contributed by atoms with E-state index >= 15 is 0 Å². The van der Waals surface area contributed by atoms with E-state index in [1.165, 1.54) is 12.8 Å². The van der Waals surface area contributed by atoms with Crippen molar-refractivity contribution in [1.29, 1.82) is 0 Å². The number of carbonyl (C=O) groups is 1. The quantitative estimate of drug-likeness (QED) is 0.795. The van der Waals surface area contributed by atoms with Gasteiger partial charge in [-0.1, -0.05) is 56.3 Å². The normalized spacial score (nSPS) is 17.9. The third-order valence-electron chi connectivity index (χ3n) is 5.88. The van der Waals surface area contributed by atoms with Crippen LogP contribution in [-0.2, 0) is 10.2 Å². The van der Waals surface area contributed by atoms with Crippen LogP contribution in [0.4, 0.5) is 0 Å². The van der Waals surface area contributed by atoms with Crippen molar-refractivity contribution in [2.45, 2.75) is 44.9 Å². The molecular formula is C22H29NO2. The molecule has 0 aromatic heterocycles. The Hall–Kier alpha value is -1.87. The topological polar surface area (TPSA) is 40.5 Å². The molecule has 1 heterocycles. The lowest BCUT2D eigenvalue weighted by Crippen LogP contribution is -2.42. The Bertz CT molecular complexity index is 728. The van der Waals surface area contributed by atoms with Crippen molar-refractivity contribution < 1.29 is 9.90 Å². The van der Waals surface area contributed by atoms with Gasteiger partial charge in [0, 0.05) is 0 Å². The van der Waals surface area contributed by atoms with Crippen LogP contribution >= 0.6 is 0 Å². The van der Waals surface area contributed by atoms with E-state index in [0.717, 1.165) is 42.4 Å². The van der Waals surface area contributed by atoms with Crippen molar-refractivity contribution in [3.05, 3.63) is 48.0 Å². The van der Waals surface area contributed by atoms with E-state index < -0.39 is 11.4 Å². The third-order valence-corrected chi connectivity index (χ3v) is 5.88. The molecule has 3 heteroatoms. The number of likely N-dealkylation sites (tertiary alicyclic amines) is 1. The summed E-state index contributed by atoms with van der Waals surface area (Å²) < 4.78 is 0. The van der Waals surface area contributed by atoms with Gasteiger partial charge in [-0.3, -0.25) is 4.79 Å². The van der Waals surface area contributed by atoms with Crippen LogP contribution < -0.4 is 0 Å². The van der Waals surface area contributed by atoms with Gasteiger partial charge in [0.25, 0.3) is 0 Å². The number of nitrogens with zero attached hydrogens (tertiary/aromatic N) is 1. The van der Waals surface area contributed by atoms with Gasteiger partial charge >= 0.3 is 5.97 Å². The molecule has 0 radical (unpaired) electrons. The molecule has 0 saturated carbocycles. The second-order valence-corrected chi connectivity index (χ2v) is 7.61. The fourth-order valence-corrected chi connectivity index (χ4v) is 4.41. The Morgan fingerprint density at radius 3 is 2.48 bits per heavy atom. The largest absolute Gasteiger partial charge is 0.481 e. The standard InChI is InChI=1S/C22H29NO2/c1-17(2)22(21(24)25,13-8-16-23-14-5-6-15-23)20-12-7-10-18-9-3-4-11-19(18)20/h3-4,7,9-12,17H,5-6,8,13-16H2,1-2H3,(H,24,25). The zero-order valence-electron chi connectivity index (χ0n) is 15.4. The van der Waals surface area contributed by atoms with Crippen LogP contribution in [0.3, 0.4) is 0 Å². The molecule has 0 amide bonds. The summed E-state index contributed by atoms with van der Waals surface area (Å²) >= 11 is 0. The first kappa shape index (κ1) is 17.9. The average molecular weight is 339 g/mol. The summed E-state index contributed by atoms with van der Waals surface area (Å²) in [6.07, 6.45) is 4.16. The Morgan fingerprint density at radius 1 is 1.12 bits per heavy atom. The van der Waals surface area contributed by atoms with Gasteiger partial charge in [0.15, 0.2) is 0 Å². The molecule has 3 nitrogen and oxygen atoms in total.